The molecule has 2 unspecified atom stereocenters. The van der Waals surface area contributed by atoms with E-state index < -0.39 is 11.6 Å². The maximum absolute atomic E-state index is 13.9. The first-order chi connectivity index (χ1) is 9.50. The number of carbonyl (C=O) groups excluding carboxylic acids is 2. The molecule has 2 fully saturated rings. The molecule has 3 rings (SSSR count). The van der Waals surface area contributed by atoms with Crippen molar-refractivity contribution in [2.45, 2.75) is 25.8 Å². The van der Waals surface area contributed by atoms with Gasteiger partial charge in [0.25, 0.3) is 0 Å². The molecule has 1 heterocycles. The molecule has 2 amide bonds. The van der Waals surface area contributed by atoms with Crippen LogP contribution in [0.4, 0.5) is 8.78 Å². The Morgan fingerprint density at radius 3 is 2.35 bits per heavy atom. The number of rotatable bonds is 2. The van der Waals surface area contributed by atoms with E-state index in [1.54, 1.807) is 0 Å². The lowest BCUT2D eigenvalue weighted by Crippen LogP contribution is -2.32. The molecule has 1 saturated heterocycles. The van der Waals surface area contributed by atoms with Gasteiger partial charge in [0.2, 0.25) is 11.8 Å². The molecule has 2 aliphatic rings. The van der Waals surface area contributed by atoms with Gasteiger partial charge in [0.15, 0.2) is 0 Å². The van der Waals surface area contributed by atoms with Gasteiger partial charge in [0.05, 0.1) is 22.9 Å². The van der Waals surface area contributed by atoms with Crippen molar-refractivity contribution >= 4 is 27.7 Å². The molecule has 0 bridgehead atoms. The lowest BCUT2D eigenvalue weighted by molar-refractivity contribution is -0.141. The summed E-state index contributed by atoms with van der Waals surface area (Å²) in [6, 6.07) is 2.38. The second kappa shape index (κ2) is 4.91. The molecule has 0 radical (unpaired) electrons. The van der Waals surface area contributed by atoms with Gasteiger partial charge in [-0.2, -0.15) is 0 Å². The SMILES string of the molecule is O=C1C2CCCC2C(=O)N1Cc1c(F)ccc(Br)c1F. The minimum atomic E-state index is -0.761. The number of fused-ring (bicyclic) bond motifs is 1. The van der Waals surface area contributed by atoms with Crippen molar-refractivity contribution in [3.05, 3.63) is 33.8 Å². The van der Waals surface area contributed by atoms with E-state index in [9.17, 15) is 18.4 Å². The minimum absolute atomic E-state index is 0.119. The fourth-order valence-corrected chi connectivity index (χ4v) is 3.46. The van der Waals surface area contributed by atoms with Gasteiger partial charge >= 0.3 is 0 Å². The Kier molecular flexibility index (Phi) is 3.36. The fraction of sp³-hybridized carbons (Fsp3) is 0.429. The fourth-order valence-electron chi connectivity index (χ4n) is 3.09. The van der Waals surface area contributed by atoms with Gasteiger partial charge in [0.1, 0.15) is 11.6 Å². The van der Waals surface area contributed by atoms with Crippen LogP contribution in [-0.4, -0.2) is 16.7 Å². The number of hydrogen-bond acceptors (Lipinski definition) is 2. The van der Waals surface area contributed by atoms with Gasteiger partial charge in [-0.3, -0.25) is 14.5 Å². The lowest BCUT2D eigenvalue weighted by atomic mass is 10.00. The highest BCUT2D eigenvalue weighted by Gasteiger charge is 2.49. The number of hydrogen-bond donors (Lipinski definition) is 0. The Morgan fingerprint density at radius 1 is 1.15 bits per heavy atom. The number of likely N-dealkylation sites (tertiary alicyclic amines) is 1. The second-order valence-electron chi connectivity index (χ2n) is 5.23. The van der Waals surface area contributed by atoms with Gasteiger partial charge in [0, 0.05) is 5.56 Å². The van der Waals surface area contributed by atoms with E-state index in [0.717, 1.165) is 17.4 Å². The minimum Gasteiger partial charge on any atom is -0.277 e. The summed E-state index contributed by atoms with van der Waals surface area (Å²) in [5.74, 6) is -2.68. The summed E-state index contributed by atoms with van der Waals surface area (Å²) in [6.07, 6.45) is 2.24. The van der Waals surface area contributed by atoms with Crippen LogP contribution in [0, 0.1) is 23.5 Å². The molecule has 3 nitrogen and oxygen atoms in total. The molecule has 1 aromatic carbocycles. The Balaban J connectivity index is 1.91. The van der Waals surface area contributed by atoms with Crippen LogP contribution in [0.1, 0.15) is 24.8 Å². The summed E-state index contributed by atoms with van der Waals surface area (Å²) in [4.78, 5) is 25.3. The first-order valence-electron chi connectivity index (χ1n) is 6.48. The average molecular weight is 344 g/mol. The van der Waals surface area contributed by atoms with Gasteiger partial charge in [-0.05, 0) is 40.9 Å². The predicted octanol–water partition coefficient (Wildman–Crippen LogP) is 3.01. The monoisotopic (exact) mass is 343 g/mol. The number of nitrogens with zero attached hydrogens (tertiary/aromatic N) is 1. The third-order valence-corrected chi connectivity index (χ3v) is 4.75. The summed E-state index contributed by atoms with van der Waals surface area (Å²) >= 11 is 2.98. The van der Waals surface area contributed by atoms with Crippen molar-refractivity contribution in [1.82, 2.24) is 4.90 Å². The van der Waals surface area contributed by atoms with Crippen LogP contribution in [0.2, 0.25) is 0 Å². The molecule has 1 aromatic rings. The van der Waals surface area contributed by atoms with Gasteiger partial charge in [-0.25, -0.2) is 8.78 Å². The summed E-state index contributed by atoms with van der Waals surface area (Å²) in [5, 5.41) is 0. The zero-order chi connectivity index (χ0) is 14.4. The zero-order valence-electron chi connectivity index (χ0n) is 10.5. The van der Waals surface area contributed by atoms with Crippen molar-refractivity contribution in [2.24, 2.45) is 11.8 Å². The van der Waals surface area contributed by atoms with Gasteiger partial charge in [-0.15, -0.1) is 0 Å². The molecule has 1 saturated carbocycles. The van der Waals surface area contributed by atoms with Crippen molar-refractivity contribution < 1.29 is 18.4 Å². The van der Waals surface area contributed by atoms with E-state index in [1.807, 2.05) is 0 Å². The van der Waals surface area contributed by atoms with E-state index in [1.165, 1.54) is 6.07 Å². The number of amides is 2. The first kappa shape index (κ1) is 13.7. The van der Waals surface area contributed by atoms with Crippen LogP contribution >= 0.6 is 15.9 Å². The number of halogens is 3. The first-order valence-corrected chi connectivity index (χ1v) is 7.27. The Morgan fingerprint density at radius 2 is 1.75 bits per heavy atom. The van der Waals surface area contributed by atoms with Crippen molar-refractivity contribution in [2.75, 3.05) is 0 Å². The molecular formula is C14H12BrF2NO2. The predicted molar refractivity (Wildman–Crippen MR) is 70.4 cm³/mol. The maximum Gasteiger partial charge on any atom is 0.233 e. The topological polar surface area (TPSA) is 37.4 Å². The maximum atomic E-state index is 13.9. The normalized spacial score (nSPS) is 25.4. The Hall–Kier alpha value is -1.30. The molecule has 2 atom stereocenters. The van der Waals surface area contributed by atoms with Crippen LogP contribution in [-0.2, 0) is 16.1 Å². The van der Waals surface area contributed by atoms with E-state index in [2.05, 4.69) is 15.9 Å². The number of imide groups is 1. The molecule has 6 heteroatoms. The van der Waals surface area contributed by atoms with E-state index >= 15 is 0 Å². The third-order valence-electron chi connectivity index (χ3n) is 4.14. The second-order valence-corrected chi connectivity index (χ2v) is 6.08. The highest BCUT2D eigenvalue weighted by molar-refractivity contribution is 9.10. The van der Waals surface area contributed by atoms with Gasteiger partial charge in [-0.1, -0.05) is 6.42 Å². The summed E-state index contributed by atoms with van der Waals surface area (Å²) in [5.41, 5.74) is -0.249. The third kappa shape index (κ3) is 1.97. The average Bonchev–Trinajstić information content (AvgIpc) is 2.98. The largest absolute Gasteiger partial charge is 0.277 e. The highest BCUT2D eigenvalue weighted by atomic mass is 79.9. The molecule has 0 aromatic heterocycles. The quantitative estimate of drug-likeness (QED) is 0.611. The number of carbonyl (C=O) groups is 2. The standard InChI is InChI=1S/C14H12BrF2NO2/c15-10-4-5-11(16)9(12(10)17)6-18-13(19)7-2-1-3-8(7)14(18)20/h4-5,7-8H,1-3,6H2. The molecular weight excluding hydrogens is 332 g/mol. The molecule has 106 valence electrons. The molecule has 0 spiro atoms. The van der Waals surface area contributed by atoms with Crippen LogP contribution < -0.4 is 0 Å². The highest BCUT2D eigenvalue weighted by Crippen LogP contribution is 2.40. The van der Waals surface area contributed by atoms with Crippen LogP contribution in [0.5, 0.6) is 0 Å². The van der Waals surface area contributed by atoms with Crippen LogP contribution in [0.15, 0.2) is 16.6 Å². The van der Waals surface area contributed by atoms with Crippen molar-refractivity contribution in [3.63, 3.8) is 0 Å². The molecule has 1 aliphatic carbocycles. The Labute approximate surface area is 123 Å². The van der Waals surface area contributed by atoms with Gasteiger partial charge < -0.3 is 0 Å². The van der Waals surface area contributed by atoms with Crippen LogP contribution in [0.25, 0.3) is 0 Å². The summed E-state index contributed by atoms with van der Waals surface area (Å²) < 4.78 is 27.8. The molecule has 20 heavy (non-hydrogen) atoms. The lowest BCUT2D eigenvalue weighted by Gasteiger charge is -2.17. The Bertz CT molecular complexity index is 583. The van der Waals surface area contributed by atoms with Crippen molar-refractivity contribution in [1.29, 1.82) is 0 Å². The molecule has 1 aliphatic heterocycles. The summed E-state index contributed by atoms with van der Waals surface area (Å²) in [7, 11) is 0. The van der Waals surface area contributed by atoms with E-state index in [4.69, 9.17) is 0 Å². The summed E-state index contributed by atoms with van der Waals surface area (Å²) in [6.45, 7) is -0.332. The smallest absolute Gasteiger partial charge is 0.233 e. The molecule has 0 N–H and O–H groups in total. The van der Waals surface area contributed by atoms with E-state index in [-0.39, 0.29) is 40.2 Å². The number of benzene rings is 1. The van der Waals surface area contributed by atoms with E-state index in [0.29, 0.717) is 12.8 Å². The van der Waals surface area contributed by atoms with Crippen LogP contribution in [0.3, 0.4) is 0 Å². The zero-order valence-corrected chi connectivity index (χ0v) is 12.1. The van der Waals surface area contributed by atoms with Crippen molar-refractivity contribution in [3.8, 4) is 0 Å².